The van der Waals surface area contributed by atoms with Crippen molar-refractivity contribution in [2.24, 2.45) is 0 Å². The first kappa shape index (κ1) is 15.9. The minimum absolute atomic E-state index is 0.237. The fraction of sp³-hybridized carbons (Fsp3) is 0.294. The Kier molecular flexibility index (Phi) is 4.69. The van der Waals surface area contributed by atoms with Gasteiger partial charge in [-0.05, 0) is 24.1 Å². The van der Waals surface area contributed by atoms with Gasteiger partial charge >= 0.3 is 12.0 Å². The van der Waals surface area contributed by atoms with Gasteiger partial charge in [0.05, 0.1) is 18.1 Å². The van der Waals surface area contributed by atoms with Crippen molar-refractivity contribution in [3.63, 3.8) is 0 Å². The molecule has 3 rings (SSSR count). The lowest BCUT2D eigenvalue weighted by atomic mass is 10.1. The minimum Gasteiger partial charge on any atom is -0.468 e. The number of benzene rings is 1. The Morgan fingerprint density at radius 3 is 2.75 bits per heavy atom. The van der Waals surface area contributed by atoms with Crippen LogP contribution in [-0.4, -0.2) is 39.2 Å². The fourth-order valence-corrected chi connectivity index (χ4v) is 2.47. The number of amides is 1. The van der Waals surface area contributed by atoms with Gasteiger partial charge in [0.25, 0.3) is 0 Å². The zero-order chi connectivity index (χ0) is 16.9. The summed E-state index contributed by atoms with van der Waals surface area (Å²) in [5, 5.41) is 2.88. The van der Waals surface area contributed by atoms with E-state index in [-0.39, 0.29) is 12.0 Å². The summed E-state index contributed by atoms with van der Waals surface area (Å²) in [5.41, 5.74) is 3.20. The van der Waals surface area contributed by atoms with Crippen molar-refractivity contribution >= 4 is 17.1 Å². The van der Waals surface area contributed by atoms with Crippen LogP contribution in [-0.2, 0) is 0 Å². The summed E-state index contributed by atoms with van der Waals surface area (Å²) in [7, 11) is 1.50. The normalized spacial score (nSPS) is 10.8. The van der Waals surface area contributed by atoms with E-state index in [4.69, 9.17) is 4.74 Å². The zero-order valence-corrected chi connectivity index (χ0v) is 13.7. The van der Waals surface area contributed by atoms with Crippen LogP contribution in [0.25, 0.3) is 22.2 Å². The molecule has 0 atom stereocenters. The number of carbonyl (C=O) groups excluding carboxylic acids is 1. The van der Waals surface area contributed by atoms with Gasteiger partial charge in [-0.25, -0.2) is 19.3 Å². The van der Waals surface area contributed by atoms with Crippen LogP contribution in [0, 0.1) is 0 Å². The van der Waals surface area contributed by atoms with Crippen LogP contribution in [0.4, 0.5) is 4.79 Å². The van der Waals surface area contributed by atoms with Gasteiger partial charge in [0.15, 0.2) is 0 Å². The van der Waals surface area contributed by atoms with Crippen molar-refractivity contribution in [2.45, 2.75) is 19.8 Å². The SMILES string of the molecule is CCCCNC(=O)n1c(OC)nc2cc(-c3cncnc3)ccc21. The van der Waals surface area contributed by atoms with Gasteiger partial charge in [-0.1, -0.05) is 19.4 Å². The summed E-state index contributed by atoms with van der Waals surface area (Å²) >= 11 is 0. The van der Waals surface area contributed by atoms with Crippen LogP contribution in [0.3, 0.4) is 0 Å². The molecule has 0 spiro atoms. The molecule has 0 aliphatic heterocycles. The average Bonchev–Trinajstić information content (AvgIpc) is 3.00. The molecule has 2 aromatic heterocycles. The van der Waals surface area contributed by atoms with Crippen LogP contribution in [0.5, 0.6) is 6.01 Å². The molecule has 0 aliphatic rings. The number of rotatable bonds is 5. The molecular formula is C17H19N5O2. The molecule has 3 aromatic rings. The molecule has 0 radical (unpaired) electrons. The summed E-state index contributed by atoms with van der Waals surface area (Å²) in [4.78, 5) is 24.9. The second-order valence-corrected chi connectivity index (χ2v) is 5.35. The van der Waals surface area contributed by atoms with Crippen molar-refractivity contribution in [1.82, 2.24) is 24.8 Å². The Morgan fingerprint density at radius 2 is 2.04 bits per heavy atom. The van der Waals surface area contributed by atoms with Gasteiger partial charge < -0.3 is 10.1 Å². The van der Waals surface area contributed by atoms with E-state index in [1.807, 2.05) is 18.2 Å². The lowest BCUT2D eigenvalue weighted by molar-refractivity contribution is 0.239. The van der Waals surface area contributed by atoms with Gasteiger partial charge in [-0.3, -0.25) is 0 Å². The number of imidazole rings is 1. The molecule has 0 unspecified atom stereocenters. The van der Waals surface area contributed by atoms with Gasteiger partial charge in [0.1, 0.15) is 6.33 Å². The van der Waals surface area contributed by atoms with E-state index in [1.165, 1.54) is 18.0 Å². The third-order valence-electron chi connectivity index (χ3n) is 3.71. The molecule has 0 saturated carbocycles. The first-order valence-electron chi connectivity index (χ1n) is 7.84. The first-order chi connectivity index (χ1) is 11.7. The first-order valence-corrected chi connectivity index (χ1v) is 7.84. The van der Waals surface area contributed by atoms with Crippen molar-refractivity contribution in [2.75, 3.05) is 13.7 Å². The van der Waals surface area contributed by atoms with Crippen LogP contribution in [0.15, 0.2) is 36.9 Å². The smallest absolute Gasteiger partial charge is 0.330 e. The van der Waals surface area contributed by atoms with Crippen LogP contribution in [0.1, 0.15) is 19.8 Å². The third kappa shape index (κ3) is 3.05. The molecule has 1 N–H and O–H groups in total. The average molecular weight is 325 g/mol. The summed E-state index contributed by atoms with van der Waals surface area (Å²) in [6, 6.07) is 5.69. The molecular weight excluding hydrogens is 306 g/mol. The van der Waals surface area contributed by atoms with E-state index in [0.717, 1.165) is 24.0 Å². The molecule has 124 valence electrons. The number of unbranched alkanes of at least 4 members (excludes halogenated alkanes) is 1. The highest BCUT2D eigenvalue weighted by atomic mass is 16.5. The molecule has 24 heavy (non-hydrogen) atoms. The molecule has 2 heterocycles. The Labute approximate surface area is 139 Å². The van der Waals surface area contributed by atoms with Crippen molar-refractivity contribution in [1.29, 1.82) is 0 Å². The van der Waals surface area contributed by atoms with Crippen molar-refractivity contribution in [3.8, 4) is 17.1 Å². The number of hydrogen-bond donors (Lipinski definition) is 1. The molecule has 1 amide bonds. The maximum atomic E-state index is 12.4. The Morgan fingerprint density at radius 1 is 1.25 bits per heavy atom. The number of nitrogens with zero attached hydrogens (tertiary/aromatic N) is 4. The highest BCUT2D eigenvalue weighted by Crippen LogP contribution is 2.26. The van der Waals surface area contributed by atoms with E-state index in [0.29, 0.717) is 17.6 Å². The lowest BCUT2D eigenvalue weighted by Gasteiger charge is -2.08. The van der Waals surface area contributed by atoms with Crippen molar-refractivity contribution in [3.05, 3.63) is 36.9 Å². The summed E-state index contributed by atoms with van der Waals surface area (Å²) in [6.07, 6.45) is 6.91. The predicted octanol–water partition coefficient (Wildman–Crippen LogP) is 2.86. The highest BCUT2D eigenvalue weighted by molar-refractivity contribution is 5.92. The monoisotopic (exact) mass is 325 g/mol. The van der Waals surface area contributed by atoms with Gasteiger partial charge in [0.2, 0.25) is 0 Å². The van der Waals surface area contributed by atoms with E-state index in [9.17, 15) is 4.79 Å². The topological polar surface area (TPSA) is 81.9 Å². The number of ether oxygens (including phenoxy) is 1. The molecule has 7 heteroatoms. The summed E-state index contributed by atoms with van der Waals surface area (Å²) < 4.78 is 6.72. The zero-order valence-electron chi connectivity index (χ0n) is 13.7. The Balaban J connectivity index is 1.99. The molecule has 0 aliphatic carbocycles. The lowest BCUT2D eigenvalue weighted by Crippen LogP contribution is -2.29. The Bertz CT molecular complexity index is 845. The maximum Gasteiger partial charge on any atom is 0.330 e. The largest absolute Gasteiger partial charge is 0.468 e. The molecule has 0 fully saturated rings. The van der Waals surface area contributed by atoms with E-state index in [1.54, 1.807) is 12.4 Å². The van der Waals surface area contributed by atoms with Crippen LogP contribution >= 0.6 is 0 Å². The van der Waals surface area contributed by atoms with E-state index < -0.39 is 0 Å². The van der Waals surface area contributed by atoms with E-state index >= 15 is 0 Å². The number of hydrogen-bond acceptors (Lipinski definition) is 5. The third-order valence-corrected chi connectivity index (χ3v) is 3.71. The second kappa shape index (κ2) is 7.08. The van der Waals surface area contributed by atoms with Gasteiger partial charge in [-0.15, -0.1) is 0 Å². The van der Waals surface area contributed by atoms with E-state index in [2.05, 4.69) is 27.2 Å². The fourth-order valence-electron chi connectivity index (χ4n) is 2.47. The van der Waals surface area contributed by atoms with Gasteiger partial charge in [-0.2, -0.15) is 4.98 Å². The van der Waals surface area contributed by atoms with Gasteiger partial charge in [0, 0.05) is 24.5 Å². The Hall–Kier alpha value is -2.96. The standard InChI is InChI=1S/C17H19N5O2/c1-3-4-7-20-16(23)22-15-6-5-12(13-9-18-11-19-10-13)8-14(15)21-17(22)24-2/h5-6,8-11H,3-4,7H2,1-2H3,(H,20,23). The second-order valence-electron chi connectivity index (χ2n) is 5.35. The minimum atomic E-state index is -0.237. The quantitative estimate of drug-likeness (QED) is 0.729. The molecule has 1 aromatic carbocycles. The predicted molar refractivity (Wildman–Crippen MR) is 91.0 cm³/mol. The highest BCUT2D eigenvalue weighted by Gasteiger charge is 2.17. The number of methoxy groups -OCH3 is 1. The number of fused-ring (bicyclic) bond motifs is 1. The number of nitrogens with one attached hydrogen (secondary N) is 1. The molecule has 0 bridgehead atoms. The van der Waals surface area contributed by atoms with Crippen LogP contribution < -0.4 is 10.1 Å². The summed E-state index contributed by atoms with van der Waals surface area (Å²) in [5.74, 6) is 0. The number of carbonyl (C=O) groups is 1. The summed E-state index contributed by atoms with van der Waals surface area (Å²) in [6.45, 7) is 2.70. The molecule has 7 nitrogen and oxygen atoms in total. The molecule has 0 saturated heterocycles. The van der Waals surface area contributed by atoms with Crippen molar-refractivity contribution < 1.29 is 9.53 Å². The van der Waals surface area contributed by atoms with Crippen LogP contribution in [0.2, 0.25) is 0 Å². The number of aromatic nitrogens is 4. The maximum absolute atomic E-state index is 12.4.